The van der Waals surface area contributed by atoms with E-state index >= 15 is 0 Å². The second-order valence-electron chi connectivity index (χ2n) is 6.67. The number of urea groups is 1. The molecule has 0 aliphatic carbocycles. The molecule has 0 unspecified atom stereocenters. The first-order chi connectivity index (χ1) is 13.7. The van der Waals surface area contributed by atoms with E-state index in [1.54, 1.807) is 45.3 Å². The summed E-state index contributed by atoms with van der Waals surface area (Å²) in [7, 11) is 3.10. The third-order valence-electron chi connectivity index (χ3n) is 4.90. The van der Waals surface area contributed by atoms with Gasteiger partial charge < -0.3 is 15.1 Å². The number of hydrogen-bond donors (Lipinski definition) is 1. The predicted molar refractivity (Wildman–Crippen MR) is 103 cm³/mol. The summed E-state index contributed by atoms with van der Waals surface area (Å²) >= 11 is 0. The van der Waals surface area contributed by atoms with Crippen LogP contribution < -0.4 is 5.32 Å². The lowest BCUT2D eigenvalue weighted by Crippen LogP contribution is -2.47. The van der Waals surface area contributed by atoms with Crippen LogP contribution in [0, 0.1) is 23.0 Å². The Balaban J connectivity index is 2.07. The van der Waals surface area contributed by atoms with Crippen LogP contribution in [0.15, 0.2) is 53.7 Å². The number of nitrogens with one attached hydrogen (secondary N) is 1. The molecule has 6 nitrogen and oxygen atoms in total. The van der Waals surface area contributed by atoms with Gasteiger partial charge in [0.15, 0.2) is 11.6 Å². The van der Waals surface area contributed by atoms with Crippen molar-refractivity contribution in [1.82, 2.24) is 9.80 Å². The van der Waals surface area contributed by atoms with Gasteiger partial charge in [-0.3, -0.25) is 4.79 Å². The second kappa shape index (κ2) is 7.72. The smallest absolute Gasteiger partial charge is 0.322 e. The molecule has 148 valence electrons. The number of halogens is 2. The number of anilines is 1. The molecule has 1 heterocycles. The van der Waals surface area contributed by atoms with Crippen LogP contribution in [0.3, 0.4) is 0 Å². The van der Waals surface area contributed by atoms with E-state index in [-0.39, 0.29) is 17.3 Å². The van der Waals surface area contributed by atoms with Gasteiger partial charge in [-0.05, 0) is 36.8 Å². The minimum Gasteiger partial charge on any atom is -0.322 e. The number of nitrogens with zero attached hydrogens (tertiary/aromatic N) is 3. The van der Waals surface area contributed by atoms with Gasteiger partial charge in [-0.1, -0.05) is 12.1 Å². The molecular weight excluding hydrogens is 378 g/mol. The molecule has 1 aliphatic heterocycles. The van der Waals surface area contributed by atoms with Crippen molar-refractivity contribution in [2.75, 3.05) is 19.4 Å². The molecule has 0 fully saturated rings. The largest absolute Gasteiger partial charge is 0.324 e. The monoisotopic (exact) mass is 396 g/mol. The summed E-state index contributed by atoms with van der Waals surface area (Å²) in [5, 5.41) is 11.8. The standard InChI is InChI=1S/C21H18F2N4O2/c1-12-18(20(28)25-15-7-8-16(22)17(23)10-15)19(27(3)21(29)26(12)2)14-6-4-5-13(9-14)11-24/h4-10,19H,1-3H3,(H,25,28)/t19-/m1/s1. The number of amides is 3. The Labute approximate surface area is 166 Å². The van der Waals surface area contributed by atoms with Crippen molar-refractivity contribution in [2.24, 2.45) is 0 Å². The molecule has 3 rings (SSSR count). The summed E-state index contributed by atoms with van der Waals surface area (Å²) in [5.41, 5.74) is 1.74. The van der Waals surface area contributed by atoms with E-state index in [0.29, 0.717) is 16.8 Å². The van der Waals surface area contributed by atoms with E-state index in [4.69, 9.17) is 0 Å². The van der Waals surface area contributed by atoms with Gasteiger partial charge in [-0.25, -0.2) is 13.6 Å². The summed E-state index contributed by atoms with van der Waals surface area (Å²) in [6.07, 6.45) is 0. The van der Waals surface area contributed by atoms with Crippen molar-refractivity contribution in [3.05, 3.63) is 76.5 Å². The Hall–Kier alpha value is -3.73. The number of carbonyl (C=O) groups excluding carboxylic acids is 2. The van der Waals surface area contributed by atoms with Crippen LogP contribution in [0.25, 0.3) is 0 Å². The number of benzene rings is 2. The number of allylic oxidation sites excluding steroid dienone is 1. The SMILES string of the molecule is CC1=C(C(=O)Nc2ccc(F)c(F)c2)[C@@H](c2cccc(C#N)c2)N(C)C(=O)N1C. The fourth-order valence-corrected chi connectivity index (χ4v) is 3.29. The molecule has 2 aromatic carbocycles. The zero-order valence-electron chi connectivity index (χ0n) is 16.0. The summed E-state index contributed by atoms with van der Waals surface area (Å²) in [6.45, 7) is 1.63. The lowest BCUT2D eigenvalue weighted by atomic mass is 9.92. The molecule has 3 amide bonds. The molecule has 0 bridgehead atoms. The van der Waals surface area contributed by atoms with Crippen molar-refractivity contribution in [3.8, 4) is 6.07 Å². The molecule has 1 N–H and O–H groups in total. The highest BCUT2D eigenvalue weighted by Gasteiger charge is 2.38. The Bertz CT molecular complexity index is 1070. The van der Waals surface area contributed by atoms with E-state index in [1.807, 2.05) is 6.07 Å². The fraction of sp³-hybridized carbons (Fsp3) is 0.190. The molecule has 1 atom stereocenters. The normalized spacial score (nSPS) is 16.7. The van der Waals surface area contributed by atoms with Crippen LogP contribution >= 0.6 is 0 Å². The molecule has 29 heavy (non-hydrogen) atoms. The van der Waals surface area contributed by atoms with Gasteiger partial charge in [-0.15, -0.1) is 0 Å². The van der Waals surface area contributed by atoms with Crippen LogP contribution in [-0.2, 0) is 4.79 Å². The van der Waals surface area contributed by atoms with E-state index < -0.39 is 23.6 Å². The second-order valence-corrected chi connectivity index (χ2v) is 6.67. The van der Waals surface area contributed by atoms with Gasteiger partial charge in [0, 0.05) is 31.5 Å². The lowest BCUT2D eigenvalue weighted by Gasteiger charge is -2.39. The first-order valence-corrected chi connectivity index (χ1v) is 8.72. The van der Waals surface area contributed by atoms with Crippen LogP contribution in [0.4, 0.5) is 19.3 Å². The molecule has 1 aliphatic rings. The number of carbonyl (C=O) groups is 2. The van der Waals surface area contributed by atoms with E-state index in [2.05, 4.69) is 5.32 Å². The quantitative estimate of drug-likeness (QED) is 0.858. The van der Waals surface area contributed by atoms with E-state index in [9.17, 15) is 23.6 Å². The number of rotatable bonds is 3. The van der Waals surface area contributed by atoms with Crippen molar-refractivity contribution < 1.29 is 18.4 Å². The molecular formula is C21H18F2N4O2. The van der Waals surface area contributed by atoms with Gasteiger partial charge >= 0.3 is 6.03 Å². The molecule has 2 aromatic rings. The first-order valence-electron chi connectivity index (χ1n) is 8.72. The summed E-state index contributed by atoms with van der Waals surface area (Å²) in [6, 6.07) is 10.6. The highest BCUT2D eigenvalue weighted by molar-refractivity contribution is 6.06. The Kier molecular flexibility index (Phi) is 5.33. The summed E-state index contributed by atoms with van der Waals surface area (Å²) in [5.74, 6) is -2.67. The van der Waals surface area contributed by atoms with Crippen molar-refractivity contribution in [3.63, 3.8) is 0 Å². The van der Waals surface area contributed by atoms with Gasteiger partial charge in [-0.2, -0.15) is 5.26 Å². The van der Waals surface area contributed by atoms with Crippen molar-refractivity contribution in [2.45, 2.75) is 13.0 Å². The third kappa shape index (κ3) is 3.67. The molecule has 0 radical (unpaired) electrons. The highest BCUT2D eigenvalue weighted by Crippen LogP contribution is 2.36. The molecule has 8 heteroatoms. The van der Waals surface area contributed by atoms with Crippen LogP contribution in [-0.4, -0.2) is 35.8 Å². The average molecular weight is 396 g/mol. The predicted octanol–water partition coefficient (Wildman–Crippen LogP) is 3.79. The zero-order chi connectivity index (χ0) is 21.3. The molecule has 0 aromatic heterocycles. The lowest BCUT2D eigenvalue weighted by molar-refractivity contribution is -0.113. The number of hydrogen-bond acceptors (Lipinski definition) is 3. The van der Waals surface area contributed by atoms with Crippen molar-refractivity contribution >= 4 is 17.6 Å². The van der Waals surface area contributed by atoms with Crippen LogP contribution in [0.2, 0.25) is 0 Å². The Morgan fingerprint density at radius 3 is 2.52 bits per heavy atom. The number of nitriles is 1. The van der Waals surface area contributed by atoms with Gasteiger partial charge in [0.2, 0.25) is 0 Å². The minimum atomic E-state index is -1.08. The van der Waals surface area contributed by atoms with Crippen LogP contribution in [0.1, 0.15) is 24.1 Å². The maximum atomic E-state index is 13.5. The Morgan fingerprint density at radius 1 is 1.14 bits per heavy atom. The highest BCUT2D eigenvalue weighted by atomic mass is 19.2. The maximum absolute atomic E-state index is 13.5. The van der Waals surface area contributed by atoms with Gasteiger partial charge in [0.1, 0.15) is 0 Å². The summed E-state index contributed by atoms with van der Waals surface area (Å²) in [4.78, 5) is 28.4. The zero-order valence-corrected chi connectivity index (χ0v) is 16.0. The van der Waals surface area contributed by atoms with Gasteiger partial charge in [0.25, 0.3) is 5.91 Å². The summed E-state index contributed by atoms with van der Waals surface area (Å²) < 4.78 is 26.7. The topological polar surface area (TPSA) is 76.4 Å². The fourth-order valence-electron chi connectivity index (χ4n) is 3.29. The minimum absolute atomic E-state index is 0.0842. The molecule has 0 saturated carbocycles. The average Bonchev–Trinajstić information content (AvgIpc) is 2.71. The van der Waals surface area contributed by atoms with E-state index in [1.165, 1.54) is 15.9 Å². The molecule has 0 saturated heterocycles. The van der Waals surface area contributed by atoms with E-state index in [0.717, 1.165) is 12.1 Å². The van der Waals surface area contributed by atoms with Gasteiger partial charge in [0.05, 0.1) is 23.2 Å². The first kappa shape index (κ1) is 20.0. The third-order valence-corrected chi connectivity index (χ3v) is 4.90. The van der Waals surface area contributed by atoms with Crippen molar-refractivity contribution in [1.29, 1.82) is 5.26 Å². The van der Waals surface area contributed by atoms with Crippen LogP contribution in [0.5, 0.6) is 0 Å². The Morgan fingerprint density at radius 2 is 1.86 bits per heavy atom. The number of likely N-dealkylation sites (N-methyl/N-ethyl adjacent to an activating group) is 1. The maximum Gasteiger partial charge on any atom is 0.324 e. The molecule has 0 spiro atoms.